The summed E-state index contributed by atoms with van der Waals surface area (Å²) in [5.74, 6) is -0.0203. The number of benzene rings is 2. The largest absolute Gasteiger partial charge is 0.422 e. The number of alkyl halides is 3. The van der Waals surface area contributed by atoms with Crippen molar-refractivity contribution >= 4 is 21.6 Å². The van der Waals surface area contributed by atoms with Gasteiger partial charge in [0.1, 0.15) is 0 Å². The number of aliphatic hydroxyl groups is 1. The molecule has 0 unspecified atom stereocenters. The number of aryl methyl sites for hydroxylation is 1. The highest BCUT2D eigenvalue weighted by Gasteiger charge is 2.55. The molecular weight excluding hydrogens is 421 g/mol. The Balaban J connectivity index is 1.65. The molecule has 2 N–H and O–H groups in total. The number of carbonyl (C=O) groups is 1. The zero-order valence-corrected chi connectivity index (χ0v) is 16.6. The van der Waals surface area contributed by atoms with E-state index in [0.717, 1.165) is 12.1 Å². The van der Waals surface area contributed by atoms with E-state index in [1.165, 1.54) is 30.3 Å². The first kappa shape index (κ1) is 20.8. The summed E-state index contributed by atoms with van der Waals surface area (Å²) < 4.78 is 68.4. The fraction of sp³-hybridized carbons (Fsp3) is 0.350. The van der Waals surface area contributed by atoms with E-state index in [0.29, 0.717) is 36.2 Å². The number of hydrogen-bond acceptors (Lipinski definition) is 4. The topological polar surface area (TPSA) is 86.7 Å². The SMILES string of the molecule is O=C1CCc2cc(S(=O)(=O)NC[C@](O)(c3ccccc3)C(F)(F)F)cc3c2N1CC3. The van der Waals surface area contributed by atoms with Gasteiger partial charge in [-0.15, -0.1) is 0 Å². The third kappa shape index (κ3) is 3.38. The van der Waals surface area contributed by atoms with Crippen LogP contribution in [0.2, 0.25) is 0 Å². The van der Waals surface area contributed by atoms with Gasteiger partial charge in [-0.3, -0.25) is 4.79 Å². The smallest absolute Gasteiger partial charge is 0.375 e. The molecule has 1 amide bonds. The summed E-state index contributed by atoms with van der Waals surface area (Å²) in [5.41, 5.74) is -1.77. The molecule has 0 saturated heterocycles. The van der Waals surface area contributed by atoms with Gasteiger partial charge in [0.2, 0.25) is 15.9 Å². The first-order valence-electron chi connectivity index (χ1n) is 9.33. The van der Waals surface area contributed by atoms with E-state index in [1.54, 1.807) is 4.90 Å². The molecule has 1 atom stereocenters. The lowest BCUT2D eigenvalue weighted by Crippen LogP contribution is -2.51. The third-order valence-electron chi connectivity index (χ3n) is 5.57. The monoisotopic (exact) mass is 440 g/mol. The lowest BCUT2D eigenvalue weighted by atomic mass is 9.93. The molecule has 0 spiro atoms. The number of rotatable bonds is 5. The van der Waals surface area contributed by atoms with Crippen LogP contribution in [0.4, 0.5) is 18.9 Å². The van der Waals surface area contributed by atoms with Crippen LogP contribution in [0.25, 0.3) is 0 Å². The molecule has 4 rings (SSSR count). The van der Waals surface area contributed by atoms with Crippen LogP contribution in [-0.4, -0.2) is 38.7 Å². The van der Waals surface area contributed by atoms with Crippen molar-refractivity contribution in [1.82, 2.24) is 4.72 Å². The molecule has 10 heteroatoms. The molecule has 2 aromatic carbocycles. The van der Waals surface area contributed by atoms with Crippen LogP contribution in [0.5, 0.6) is 0 Å². The van der Waals surface area contributed by atoms with Crippen molar-refractivity contribution in [2.45, 2.75) is 35.9 Å². The number of anilines is 1. The predicted octanol–water partition coefficient (Wildman–Crippen LogP) is 2.25. The van der Waals surface area contributed by atoms with E-state index >= 15 is 0 Å². The minimum atomic E-state index is -5.10. The van der Waals surface area contributed by atoms with Crippen LogP contribution >= 0.6 is 0 Å². The van der Waals surface area contributed by atoms with Gasteiger partial charge in [0.25, 0.3) is 0 Å². The first-order chi connectivity index (χ1) is 14.0. The average molecular weight is 440 g/mol. The first-order valence-corrected chi connectivity index (χ1v) is 10.8. The average Bonchev–Trinajstić information content (AvgIpc) is 3.14. The summed E-state index contributed by atoms with van der Waals surface area (Å²) in [6.07, 6.45) is -3.99. The predicted molar refractivity (Wildman–Crippen MR) is 102 cm³/mol. The number of amides is 1. The minimum absolute atomic E-state index is 0.0203. The second kappa shape index (κ2) is 7.07. The molecular formula is C20H19F3N2O4S. The minimum Gasteiger partial charge on any atom is -0.375 e. The van der Waals surface area contributed by atoms with Crippen molar-refractivity contribution in [2.24, 2.45) is 0 Å². The summed E-state index contributed by atoms with van der Waals surface area (Å²) in [7, 11) is -4.34. The van der Waals surface area contributed by atoms with Crippen LogP contribution in [0.1, 0.15) is 23.1 Å². The normalized spacial score (nSPS) is 18.3. The van der Waals surface area contributed by atoms with Crippen LogP contribution in [0, 0.1) is 0 Å². The molecule has 6 nitrogen and oxygen atoms in total. The van der Waals surface area contributed by atoms with Gasteiger partial charge in [-0.1, -0.05) is 30.3 Å². The van der Waals surface area contributed by atoms with E-state index in [2.05, 4.69) is 0 Å². The van der Waals surface area contributed by atoms with Crippen LogP contribution in [0.15, 0.2) is 47.4 Å². The van der Waals surface area contributed by atoms with Crippen molar-refractivity contribution in [1.29, 1.82) is 0 Å². The Bertz CT molecular complexity index is 1100. The van der Waals surface area contributed by atoms with Crippen molar-refractivity contribution in [3.8, 4) is 0 Å². The van der Waals surface area contributed by atoms with Crippen molar-refractivity contribution < 1.29 is 31.5 Å². The molecule has 30 heavy (non-hydrogen) atoms. The third-order valence-corrected chi connectivity index (χ3v) is 6.95. The Morgan fingerprint density at radius 2 is 1.67 bits per heavy atom. The van der Waals surface area contributed by atoms with E-state index in [4.69, 9.17) is 0 Å². The van der Waals surface area contributed by atoms with Gasteiger partial charge >= 0.3 is 6.18 Å². The summed E-state index contributed by atoms with van der Waals surface area (Å²) in [4.78, 5) is 13.5. The zero-order valence-electron chi connectivity index (χ0n) is 15.7. The number of nitrogens with zero attached hydrogens (tertiary/aromatic N) is 1. The number of carbonyl (C=O) groups excluding carboxylic acids is 1. The Labute approximate surface area is 171 Å². The Kier molecular flexibility index (Phi) is 4.91. The quantitative estimate of drug-likeness (QED) is 0.747. The summed E-state index contributed by atoms with van der Waals surface area (Å²) in [5, 5.41) is 10.4. The van der Waals surface area contributed by atoms with Gasteiger partial charge in [-0.05, 0) is 41.7 Å². The molecule has 0 saturated carbocycles. The zero-order chi connectivity index (χ0) is 21.7. The van der Waals surface area contributed by atoms with E-state index in [9.17, 15) is 31.5 Å². The van der Waals surface area contributed by atoms with E-state index in [-0.39, 0.29) is 17.2 Å². The molecule has 2 aromatic rings. The summed E-state index contributed by atoms with van der Waals surface area (Å²) >= 11 is 0. The standard InChI is InChI=1S/C20H19F3N2O4S/c21-20(22,23)19(27,15-4-2-1-3-5-15)12-24-30(28,29)16-10-13-6-7-17(26)25-9-8-14(11-16)18(13)25/h1-5,10-11,24,27H,6-9,12H2/t19-/m0/s1. The molecule has 2 heterocycles. The van der Waals surface area contributed by atoms with Crippen LogP contribution in [0.3, 0.4) is 0 Å². The Hall–Kier alpha value is -2.43. The van der Waals surface area contributed by atoms with Gasteiger partial charge in [0.15, 0.2) is 5.60 Å². The molecule has 160 valence electrons. The molecule has 2 aliphatic heterocycles. The molecule has 0 aromatic heterocycles. The molecule has 0 aliphatic carbocycles. The van der Waals surface area contributed by atoms with Crippen molar-refractivity contribution in [3.63, 3.8) is 0 Å². The second-order valence-corrected chi connectivity index (χ2v) is 9.20. The van der Waals surface area contributed by atoms with Crippen molar-refractivity contribution in [2.75, 3.05) is 18.0 Å². The van der Waals surface area contributed by atoms with Gasteiger partial charge in [-0.25, -0.2) is 13.1 Å². The summed E-state index contributed by atoms with van der Waals surface area (Å²) in [6, 6.07) is 9.11. The van der Waals surface area contributed by atoms with E-state index in [1.807, 2.05) is 4.72 Å². The molecule has 2 aliphatic rings. The van der Waals surface area contributed by atoms with Crippen molar-refractivity contribution in [3.05, 3.63) is 59.2 Å². The van der Waals surface area contributed by atoms with Crippen LogP contribution < -0.4 is 9.62 Å². The highest BCUT2D eigenvalue weighted by Crippen LogP contribution is 2.40. The van der Waals surface area contributed by atoms with Gasteiger partial charge in [0.05, 0.1) is 17.1 Å². The molecule has 0 radical (unpaired) electrons. The Morgan fingerprint density at radius 3 is 2.30 bits per heavy atom. The Morgan fingerprint density at radius 1 is 1.03 bits per heavy atom. The fourth-order valence-electron chi connectivity index (χ4n) is 3.94. The maximum absolute atomic E-state index is 13.6. The summed E-state index contributed by atoms with van der Waals surface area (Å²) in [6.45, 7) is -0.806. The van der Waals surface area contributed by atoms with Gasteiger partial charge < -0.3 is 10.0 Å². The number of hydrogen-bond donors (Lipinski definition) is 2. The maximum atomic E-state index is 13.6. The fourth-order valence-corrected chi connectivity index (χ4v) is 5.10. The molecule has 0 bridgehead atoms. The highest BCUT2D eigenvalue weighted by atomic mass is 32.2. The molecule has 0 fully saturated rings. The van der Waals surface area contributed by atoms with Gasteiger partial charge in [-0.2, -0.15) is 13.2 Å². The second-order valence-electron chi connectivity index (χ2n) is 7.43. The number of sulfonamides is 1. The highest BCUT2D eigenvalue weighted by molar-refractivity contribution is 7.89. The maximum Gasteiger partial charge on any atom is 0.422 e. The van der Waals surface area contributed by atoms with Crippen LogP contribution in [-0.2, 0) is 33.3 Å². The lowest BCUT2D eigenvalue weighted by molar-refractivity contribution is -0.263. The number of halogens is 3. The lowest BCUT2D eigenvalue weighted by Gasteiger charge is -2.31. The van der Waals surface area contributed by atoms with E-state index < -0.39 is 33.9 Å². The van der Waals surface area contributed by atoms with Gasteiger partial charge in [0, 0.05) is 13.0 Å². The number of nitrogens with one attached hydrogen (secondary N) is 1.